The summed E-state index contributed by atoms with van der Waals surface area (Å²) >= 11 is 0. The normalized spacial score (nSPS) is 23.5. The maximum Gasteiger partial charge on any atom is 0.0319 e. The molecule has 464 valence electrons. The summed E-state index contributed by atoms with van der Waals surface area (Å²) in [4.78, 5) is 0. The molecule has 0 aliphatic heterocycles. The average molecular weight is 1080 g/mol. The molecule has 0 spiro atoms. The molecule has 0 heterocycles. The predicted octanol–water partition coefficient (Wildman–Crippen LogP) is 28.9. The molecule has 5 aliphatic rings. The molecule has 0 aromatic rings. The summed E-state index contributed by atoms with van der Waals surface area (Å²) < 4.78 is 0. The lowest BCUT2D eigenvalue weighted by Crippen LogP contribution is -1.81. The molecule has 0 radical (unpaired) electrons. The van der Waals surface area contributed by atoms with Gasteiger partial charge in [0.05, 0.1) is 0 Å². The molecule has 0 aromatic heterocycles. The molecular formula is C76H154O. The molecule has 1 nitrogen and oxygen atoms in total. The molecule has 1 heteroatoms. The monoisotopic (exact) mass is 1080 g/mol. The van der Waals surface area contributed by atoms with E-state index >= 15 is 0 Å². The minimum atomic E-state index is 1.00. The van der Waals surface area contributed by atoms with E-state index in [1.54, 1.807) is 0 Å². The van der Waals surface area contributed by atoms with E-state index in [-0.39, 0.29) is 0 Å². The molecule has 0 aromatic carbocycles. The van der Waals surface area contributed by atoms with Crippen molar-refractivity contribution >= 4 is 0 Å². The van der Waals surface area contributed by atoms with Gasteiger partial charge in [0, 0.05) is 7.11 Å². The van der Waals surface area contributed by atoms with Gasteiger partial charge in [-0.1, -0.05) is 482 Å². The number of aliphatic hydroxyl groups is 1. The van der Waals surface area contributed by atoms with Gasteiger partial charge in [-0.25, -0.2) is 0 Å². The third kappa shape index (κ3) is 73.9. The lowest BCUT2D eigenvalue weighted by Gasteiger charge is -2.01. The van der Waals surface area contributed by atoms with Gasteiger partial charge in [0.2, 0.25) is 0 Å². The van der Waals surface area contributed by atoms with Crippen LogP contribution >= 0.6 is 0 Å². The second-order valence-electron chi connectivity index (χ2n) is 26.5. The average Bonchev–Trinajstić information content (AvgIpc) is 3.51. The fraction of sp³-hybridized carbons (Fsp3) is 1.00. The van der Waals surface area contributed by atoms with Crippen molar-refractivity contribution in [3.63, 3.8) is 0 Å². The minimum absolute atomic E-state index is 1.00. The number of rotatable bonds is 0. The van der Waals surface area contributed by atoms with Gasteiger partial charge >= 0.3 is 0 Å². The largest absolute Gasteiger partial charge is 0.400 e. The third-order valence-corrected chi connectivity index (χ3v) is 18.7. The van der Waals surface area contributed by atoms with E-state index in [4.69, 9.17) is 5.11 Å². The highest BCUT2D eigenvalue weighted by atomic mass is 16.2. The van der Waals surface area contributed by atoms with E-state index in [0.29, 0.717) is 0 Å². The summed E-state index contributed by atoms with van der Waals surface area (Å²) in [6.45, 7) is 0. The van der Waals surface area contributed by atoms with Crippen molar-refractivity contribution < 1.29 is 5.11 Å². The van der Waals surface area contributed by atoms with Crippen LogP contribution in [0.3, 0.4) is 0 Å². The standard InChI is InChI=1S/5C15H30.CH4O/c5*1-2-4-6-8-10-12-14-15-13-11-9-7-5-3-1;1-2/h5*1-15H2;2H,1H3. The van der Waals surface area contributed by atoms with Crippen molar-refractivity contribution in [3.05, 3.63) is 0 Å². The zero-order valence-corrected chi connectivity index (χ0v) is 54.5. The molecule has 0 bridgehead atoms. The Balaban J connectivity index is 0.000000929. The van der Waals surface area contributed by atoms with E-state index in [9.17, 15) is 0 Å². The lowest BCUT2D eigenvalue weighted by atomic mass is 10.1. The molecule has 77 heavy (non-hydrogen) atoms. The predicted molar refractivity (Wildman–Crippen MR) is 354 cm³/mol. The van der Waals surface area contributed by atoms with Gasteiger partial charge in [0.15, 0.2) is 0 Å². The van der Waals surface area contributed by atoms with Crippen molar-refractivity contribution in [2.24, 2.45) is 0 Å². The van der Waals surface area contributed by atoms with Crippen LogP contribution in [0, 0.1) is 0 Å². The van der Waals surface area contributed by atoms with Crippen LogP contribution in [0.25, 0.3) is 0 Å². The molecule has 5 rings (SSSR count). The highest BCUT2D eigenvalue weighted by molar-refractivity contribution is 4.58. The molecular weight excluding hydrogens is 929 g/mol. The second kappa shape index (κ2) is 76.0. The van der Waals surface area contributed by atoms with Crippen LogP contribution in [0.1, 0.15) is 482 Å². The van der Waals surface area contributed by atoms with Crippen LogP contribution in [-0.4, -0.2) is 12.2 Å². The zero-order chi connectivity index (χ0) is 55.0. The highest BCUT2D eigenvalue weighted by Gasteiger charge is 2.02. The molecule has 0 atom stereocenters. The fourth-order valence-electron chi connectivity index (χ4n) is 13.3. The molecule has 1 N–H and O–H groups in total. The first kappa shape index (κ1) is 77.0. The Morgan fingerprint density at radius 3 is 0.0909 bits per heavy atom. The van der Waals surface area contributed by atoms with Gasteiger partial charge in [-0.2, -0.15) is 0 Å². The van der Waals surface area contributed by atoms with E-state index in [1.807, 2.05) is 0 Å². The molecule has 0 amide bonds. The van der Waals surface area contributed by atoms with Gasteiger partial charge in [-0.3, -0.25) is 0 Å². The third-order valence-electron chi connectivity index (χ3n) is 18.7. The van der Waals surface area contributed by atoms with Crippen molar-refractivity contribution in [3.8, 4) is 0 Å². The smallest absolute Gasteiger partial charge is 0.0319 e. The topological polar surface area (TPSA) is 20.2 Å². The Bertz CT molecular complexity index is 475. The fourth-order valence-corrected chi connectivity index (χ4v) is 13.3. The summed E-state index contributed by atoms with van der Waals surface area (Å²) in [5, 5.41) is 7.00. The maximum absolute atomic E-state index is 7.00. The number of hydrogen-bond donors (Lipinski definition) is 1. The molecule has 5 saturated carbocycles. The second-order valence-corrected chi connectivity index (χ2v) is 26.5. The summed E-state index contributed by atoms with van der Waals surface area (Å²) in [5.74, 6) is 0. The first-order chi connectivity index (χ1) is 38.5. The summed E-state index contributed by atoms with van der Waals surface area (Å²) in [6, 6.07) is 0. The SMILES string of the molecule is C1CCCCCCCCCCCCCC1.C1CCCCCCCCCCCCCC1.C1CCCCCCCCCCCCCC1.C1CCCCCCCCCCCCCC1.C1CCCCCCCCCCCCCC1.CO. The molecule has 5 aliphatic carbocycles. The lowest BCUT2D eigenvalue weighted by molar-refractivity contribution is 0.399. The Hall–Kier alpha value is -0.0400. The van der Waals surface area contributed by atoms with Crippen LogP contribution in [0.15, 0.2) is 0 Å². The van der Waals surface area contributed by atoms with E-state index in [2.05, 4.69) is 0 Å². The van der Waals surface area contributed by atoms with Crippen molar-refractivity contribution in [2.45, 2.75) is 482 Å². The quantitative estimate of drug-likeness (QED) is 0.256. The van der Waals surface area contributed by atoms with Gasteiger partial charge in [-0.05, 0) is 0 Å². The van der Waals surface area contributed by atoms with E-state index in [0.717, 1.165) is 7.11 Å². The van der Waals surface area contributed by atoms with Crippen LogP contribution in [0.2, 0.25) is 0 Å². The molecule has 5 fully saturated rings. The number of aliphatic hydroxyl groups excluding tert-OH is 1. The van der Waals surface area contributed by atoms with Crippen LogP contribution in [0.4, 0.5) is 0 Å². The van der Waals surface area contributed by atoms with Gasteiger partial charge < -0.3 is 5.11 Å². The maximum atomic E-state index is 7.00. The minimum Gasteiger partial charge on any atom is -0.400 e. The first-order valence-electron chi connectivity index (χ1n) is 37.9. The highest BCUT2D eigenvalue weighted by Crippen LogP contribution is 2.22. The van der Waals surface area contributed by atoms with Crippen LogP contribution in [-0.2, 0) is 0 Å². The van der Waals surface area contributed by atoms with Gasteiger partial charge in [0.25, 0.3) is 0 Å². The van der Waals surface area contributed by atoms with Crippen molar-refractivity contribution in [1.82, 2.24) is 0 Å². The molecule has 0 unspecified atom stereocenters. The van der Waals surface area contributed by atoms with E-state index in [1.165, 1.54) is 482 Å². The Morgan fingerprint density at radius 1 is 0.0649 bits per heavy atom. The van der Waals surface area contributed by atoms with Gasteiger partial charge in [-0.15, -0.1) is 0 Å². The van der Waals surface area contributed by atoms with Crippen molar-refractivity contribution in [1.29, 1.82) is 0 Å². The molecule has 0 saturated heterocycles. The first-order valence-corrected chi connectivity index (χ1v) is 37.9. The van der Waals surface area contributed by atoms with Gasteiger partial charge in [0.1, 0.15) is 0 Å². The van der Waals surface area contributed by atoms with Crippen LogP contribution < -0.4 is 0 Å². The Kier molecular flexibility index (Phi) is 75.9. The Morgan fingerprint density at radius 2 is 0.0779 bits per heavy atom. The number of hydrogen-bond acceptors (Lipinski definition) is 1. The summed E-state index contributed by atoms with van der Waals surface area (Å²) in [6.07, 6.45) is 112. The van der Waals surface area contributed by atoms with E-state index < -0.39 is 0 Å². The van der Waals surface area contributed by atoms with Crippen molar-refractivity contribution in [2.75, 3.05) is 7.11 Å². The summed E-state index contributed by atoms with van der Waals surface area (Å²) in [7, 11) is 1.00. The summed E-state index contributed by atoms with van der Waals surface area (Å²) in [5.41, 5.74) is 0. The zero-order valence-electron chi connectivity index (χ0n) is 54.5. The Labute approximate surface area is 491 Å². The van der Waals surface area contributed by atoms with Crippen LogP contribution in [0.5, 0.6) is 0 Å².